The first-order chi connectivity index (χ1) is 13.3. The van der Waals surface area contributed by atoms with Gasteiger partial charge in [-0.1, -0.05) is 5.16 Å². The highest BCUT2D eigenvalue weighted by Gasteiger charge is 2.15. The summed E-state index contributed by atoms with van der Waals surface area (Å²) in [6.07, 6.45) is 3.86. The minimum absolute atomic E-state index is 0.450. The molecule has 2 heterocycles. The van der Waals surface area contributed by atoms with Crippen LogP contribution in [0.3, 0.4) is 0 Å². The van der Waals surface area contributed by atoms with E-state index in [0.29, 0.717) is 23.2 Å². The van der Waals surface area contributed by atoms with E-state index in [9.17, 15) is 0 Å². The zero-order chi connectivity index (χ0) is 18.6. The molecule has 4 rings (SSSR count). The largest absolute Gasteiger partial charge is 0.493 e. The van der Waals surface area contributed by atoms with Gasteiger partial charge in [-0.25, -0.2) is 0 Å². The number of hydrogen-bond acceptors (Lipinski definition) is 6. The smallest absolute Gasteiger partial charge is 0.258 e. The van der Waals surface area contributed by atoms with Gasteiger partial charge in [0, 0.05) is 29.9 Å². The fraction of sp³-hybridized carbons (Fsp3) is 0.333. The number of anilines is 1. The van der Waals surface area contributed by atoms with Crippen LogP contribution in [0.25, 0.3) is 22.8 Å². The summed E-state index contributed by atoms with van der Waals surface area (Å²) in [6.45, 7) is 2.26. The molecule has 27 heavy (non-hydrogen) atoms. The number of rotatable bonds is 5. The number of ether oxygens (including phenoxy) is 2. The quantitative estimate of drug-likeness (QED) is 0.667. The number of benzene rings is 2. The average molecular weight is 365 g/mol. The molecule has 1 aliphatic heterocycles. The molecule has 0 amide bonds. The summed E-state index contributed by atoms with van der Waals surface area (Å²) in [5, 5.41) is 4.13. The van der Waals surface area contributed by atoms with Crippen LogP contribution in [0.2, 0.25) is 0 Å². The molecule has 6 heteroatoms. The van der Waals surface area contributed by atoms with Crippen LogP contribution in [0.4, 0.5) is 5.69 Å². The van der Waals surface area contributed by atoms with Gasteiger partial charge in [-0.2, -0.15) is 4.98 Å². The van der Waals surface area contributed by atoms with Crippen LogP contribution in [0.5, 0.6) is 11.5 Å². The van der Waals surface area contributed by atoms with E-state index >= 15 is 0 Å². The summed E-state index contributed by atoms with van der Waals surface area (Å²) in [7, 11) is 3.21. The molecule has 0 aliphatic carbocycles. The molecule has 140 valence electrons. The predicted octanol–water partition coefficient (Wildman–Crippen LogP) is 4.41. The van der Waals surface area contributed by atoms with Crippen molar-refractivity contribution in [2.45, 2.75) is 19.3 Å². The normalized spacial score (nSPS) is 14.2. The van der Waals surface area contributed by atoms with Crippen LogP contribution in [0.15, 0.2) is 47.0 Å². The lowest BCUT2D eigenvalue weighted by Gasteiger charge is -2.28. The third-order valence-corrected chi connectivity index (χ3v) is 4.90. The van der Waals surface area contributed by atoms with Crippen molar-refractivity contribution in [3.05, 3.63) is 42.5 Å². The zero-order valence-electron chi connectivity index (χ0n) is 15.6. The number of methoxy groups -OCH3 is 2. The van der Waals surface area contributed by atoms with Crippen molar-refractivity contribution < 1.29 is 14.0 Å². The van der Waals surface area contributed by atoms with E-state index in [-0.39, 0.29) is 0 Å². The van der Waals surface area contributed by atoms with E-state index < -0.39 is 0 Å². The summed E-state index contributed by atoms with van der Waals surface area (Å²) in [5.41, 5.74) is 2.98. The molecule has 0 spiro atoms. The highest BCUT2D eigenvalue weighted by molar-refractivity contribution is 5.64. The summed E-state index contributed by atoms with van der Waals surface area (Å²) in [5.74, 6) is 2.31. The first kappa shape index (κ1) is 17.4. The molecule has 6 nitrogen and oxygen atoms in total. The van der Waals surface area contributed by atoms with Crippen molar-refractivity contribution in [3.8, 4) is 34.3 Å². The molecule has 3 aromatic rings. The van der Waals surface area contributed by atoms with Crippen LogP contribution in [0, 0.1) is 0 Å². The predicted molar refractivity (Wildman–Crippen MR) is 104 cm³/mol. The molecule has 2 aromatic carbocycles. The SMILES string of the molecule is COc1ccc(-c2nc(-c3ccc(N4CCCCC4)cc3)no2)cc1OC. The second kappa shape index (κ2) is 7.70. The highest BCUT2D eigenvalue weighted by atomic mass is 16.5. The van der Waals surface area contributed by atoms with Crippen LogP contribution < -0.4 is 14.4 Å². The minimum Gasteiger partial charge on any atom is -0.493 e. The van der Waals surface area contributed by atoms with Gasteiger partial charge in [-0.05, 0) is 61.7 Å². The highest BCUT2D eigenvalue weighted by Crippen LogP contribution is 2.32. The lowest BCUT2D eigenvalue weighted by Crippen LogP contribution is -2.29. The van der Waals surface area contributed by atoms with Gasteiger partial charge in [-0.3, -0.25) is 0 Å². The summed E-state index contributed by atoms with van der Waals surface area (Å²) in [4.78, 5) is 6.97. The summed E-state index contributed by atoms with van der Waals surface area (Å²) >= 11 is 0. The van der Waals surface area contributed by atoms with E-state index in [0.717, 1.165) is 24.2 Å². The van der Waals surface area contributed by atoms with Crippen LogP contribution >= 0.6 is 0 Å². The van der Waals surface area contributed by atoms with Crippen molar-refractivity contribution in [2.24, 2.45) is 0 Å². The standard InChI is InChI=1S/C21H23N3O3/c1-25-18-11-8-16(14-19(18)26-2)21-22-20(23-27-21)15-6-9-17(10-7-15)24-12-4-3-5-13-24/h6-11,14H,3-5,12-13H2,1-2H3. The minimum atomic E-state index is 0.450. The van der Waals surface area contributed by atoms with Crippen molar-refractivity contribution in [1.82, 2.24) is 10.1 Å². The molecule has 1 fully saturated rings. The Hall–Kier alpha value is -3.02. The topological polar surface area (TPSA) is 60.6 Å². The Morgan fingerprint density at radius 2 is 1.56 bits per heavy atom. The molecule has 0 bridgehead atoms. The maximum absolute atomic E-state index is 5.46. The number of nitrogens with zero attached hydrogens (tertiary/aromatic N) is 3. The van der Waals surface area contributed by atoms with Crippen molar-refractivity contribution in [3.63, 3.8) is 0 Å². The summed E-state index contributed by atoms with van der Waals surface area (Å²) in [6, 6.07) is 13.9. The molecule has 0 unspecified atom stereocenters. The molecule has 0 radical (unpaired) electrons. The van der Waals surface area contributed by atoms with Crippen LogP contribution in [-0.2, 0) is 0 Å². The van der Waals surface area contributed by atoms with E-state index in [1.807, 2.05) is 30.3 Å². The number of hydrogen-bond donors (Lipinski definition) is 0. The Morgan fingerprint density at radius 3 is 2.26 bits per heavy atom. The van der Waals surface area contributed by atoms with Crippen LogP contribution in [-0.4, -0.2) is 37.4 Å². The van der Waals surface area contributed by atoms with E-state index in [4.69, 9.17) is 14.0 Å². The van der Waals surface area contributed by atoms with Gasteiger partial charge < -0.3 is 18.9 Å². The Morgan fingerprint density at radius 1 is 0.852 bits per heavy atom. The summed E-state index contributed by atoms with van der Waals surface area (Å²) < 4.78 is 16.1. The third-order valence-electron chi connectivity index (χ3n) is 4.90. The van der Waals surface area contributed by atoms with Crippen LogP contribution in [0.1, 0.15) is 19.3 Å². The second-order valence-electron chi connectivity index (χ2n) is 6.59. The van der Waals surface area contributed by atoms with Gasteiger partial charge >= 0.3 is 0 Å². The lowest BCUT2D eigenvalue weighted by molar-refractivity contribution is 0.355. The fourth-order valence-electron chi connectivity index (χ4n) is 3.40. The average Bonchev–Trinajstić information content (AvgIpc) is 3.24. The van der Waals surface area contributed by atoms with Gasteiger partial charge in [0.15, 0.2) is 11.5 Å². The zero-order valence-corrected chi connectivity index (χ0v) is 15.6. The van der Waals surface area contributed by atoms with E-state index in [1.54, 1.807) is 14.2 Å². The Bertz CT molecular complexity index is 899. The Balaban J connectivity index is 1.55. The number of piperidine rings is 1. The molecule has 1 saturated heterocycles. The maximum atomic E-state index is 5.46. The van der Waals surface area contributed by atoms with Crippen molar-refractivity contribution in [2.75, 3.05) is 32.2 Å². The molecular weight excluding hydrogens is 342 g/mol. The molecule has 0 saturated carbocycles. The Labute approximate surface area is 158 Å². The van der Waals surface area contributed by atoms with Gasteiger partial charge in [0.25, 0.3) is 5.89 Å². The number of aromatic nitrogens is 2. The molecule has 1 aromatic heterocycles. The van der Waals surface area contributed by atoms with Crippen molar-refractivity contribution >= 4 is 5.69 Å². The maximum Gasteiger partial charge on any atom is 0.258 e. The monoisotopic (exact) mass is 365 g/mol. The van der Waals surface area contributed by atoms with Gasteiger partial charge in [0.1, 0.15) is 0 Å². The van der Waals surface area contributed by atoms with Gasteiger partial charge in [0.2, 0.25) is 5.82 Å². The Kier molecular flexibility index (Phi) is 4.96. The third kappa shape index (κ3) is 3.60. The lowest BCUT2D eigenvalue weighted by atomic mass is 10.1. The van der Waals surface area contributed by atoms with Crippen molar-refractivity contribution in [1.29, 1.82) is 0 Å². The molecule has 1 aliphatic rings. The van der Waals surface area contributed by atoms with Gasteiger partial charge in [-0.15, -0.1) is 0 Å². The van der Waals surface area contributed by atoms with E-state index in [2.05, 4.69) is 27.2 Å². The van der Waals surface area contributed by atoms with E-state index in [1.165, 1.54) is 24.9 Å². The second-order valence-corrected chi connectivity index (χ2v) is 6.59. The van der Waals surface area contributed by atoms with Gasteiger partial charge in [0.05, 0.1) is 14.2 Å². The molecule has 0 N–H and O–H groups in total. The molecular formula is C21H23N3O3. The molecule has 0 atom stereocenters. The first-order valence-electron chi connectivity index (χ1n) is 9.20. The fourth-order valence-corrected chi connectivity index (χ4v) is 3.40. The first-order valence-corrected chi connectivity index (χ1v) is 9.20.